The molecule has 0 radical (unpaired) electrons. The van der Waals surface area contributed by atoms with E-state index in [9.17, 15) is 9.59 Å². The highest BCUT2D eigenvalue weighted by Gasteiger charge is 2.28. The molecule has 0 saturated carbocycles. The smallest absolute Gasteiger partial charge is 0.320 e. The largest absolute Gasteiger partial charge is 0.468 e. The van der Waals surface area contributed by atoms with Gasteiger partial charge in [-0.3, -0.25) is 9.59 Å². The minimum atomic E-state index is -0.859. The monoisotopic (exact) mass is 407 g/mol. The molecule has 158 valence electrons. The summed E-state index contributed by atoms with van der Waals surface area (Å²) >= 11 is 0. The molecule has 1 aromatic heterocycles. The van der Waals surface area contributed by atoms with E-state index >= 15 is 0 Å². The minimum absolute atomic E-state index is 0.0255. The molecule has 0 bridgehead atoms. The van der Waals surface area contributed by atoms with Gasteiger partial charge in [0.15, 0.2) is 13.6 Å². The maximum Gasteiger partial charge on any atom is 0.320 e. The number of ether oxygens (including phenoxy) is 5. The molecule has 1 atom stereocenters. The predicted molar refractivity (Wildman–Crippen MR) is 102 cm³/mol. The van der Waals surface area contributed by atoms with E-state index in [1.165, 1.54) is 28.3 Å². The van der Waals surface area contributed by atoms with Crippen LogP contribution in [0.5, 0.6) is 11.5 Å². The van der Waals surface area contributed by atoms with Gasteiger partial charge in [0.25, 0.3) is 0 Å². The second kappa shape index (κ2) is 11.1. The number of hydrogen-bond acceptors (Lipinski definition) is 8. The molecule has 1 heterocycles. The minimum Gasteiger partial charge on any atom is -0.468 e. The van der Waals surface area contributed by atoms with Gasteiger partial charge in [0.2, 0.25) is 5.91 Å². The van der Waals surface area contributed by atoms with E-state index in [4.69, 9.17) is 28.1 Å². The van der Waals surface area contributed by atoms with Crippen molar-refractivity contribution < 1.29 is 37.7 Å². The second-order valence-electron chi connectivity index (χ2n) is 6.01. The SMILES string of the molecule is COCOc1cc(OCOC)cc(C(C(=O)OC)c2ccc(CNC(C)=O)o2)c1. The zero-order valence-electron chi connectivity index (χ0n) is 16.9. The van der Waals surface area contributed by atoms with Gasteiger partial charge in [0.1, 0.15) is 28.9 Å². The molecule has 2 aromatic rings. The lowest BCUT2D eigenvalue weighted by molar-refractivity contribution is -0.141. The molecule has 1 aromatic carbocycles. The van der Waals surface area contributed by atoms with E-state index in [-0.39, 0.29) is 26.0 Å². The van der Waals surface area contributed by atoms with Crippen molar-refractivity contribution in [3.05, 3.63) is 47.4 Å². The Morgan fingerprint density at radius 2 is 1.62 bits per heavy atom. The van der Waals surface area contributed by atoms with Gasteiger partial charge < -0.3 is 33.4 Å². The van der Waals surface area contributed by atoms with Crippen LogP contribution < -0.4 is 14.8 Å². The normalized spacial score (nSPS) is 11.6. The van der Waals surface area contributed by atoms with E-state index in [2.05, 4.69) is 5.32 Å². The maximum atomic E-state index is 12.6. The lowest BCUT2D eigenvalue weighted by Gasteiger charge is -2.16. The Labute approximate surface area is 168 Å². The number of rotatable bonds is 11. The van der Waals surface area contributed by atoms with Crippen molar-refractivity contribution in [3.8, 4) is 11.5 Å². The van der Waals surface area contributed by atoms with Gasteiger partial charge in [-0.15, -0.1) is 0 Å². The van der Waals surface area contributed by atoms with Crippen LogP contribution in [0.3, 0.4) is 0 Å². The standard InChI is InChI=1S/C20H25NO8/c1-13(22)21-10-15-5-6-18(29-15)19(20(23)26-4)14-7-16(27-11-24-2)9-17(8-14)28-12-25-3/h5-9,19H,10-12H2,1-4H3,(H,21,22). The highest BCUT2D eigenvalue weighted by molar-refractivity contribution is 5.81. The quantitative estimate of drug-likeness (QED) is 0.446. The summed E-state index contributed by atoms with van der Waals surface area (Å²) in [6.45, 7) is 1.67. The van der Waals surface area contributed by atoms with E-state index in [0.717, 1.165) is 0 Å². The van der Waals surface area contributed by atoms with Crippen molar-refractivity contribution >= 4 is 11.9 Å². The lowest BCUT2D eigenvalue weighted by Crippen LogP contribution is -2.18. The molecule has 9 nitrogen and oxygen atoms in total. The summed E-state index contributed by atoms with van der Waals surface area (Å²) < 4.78 is 31.6. The number of esters is 1. The first kappa shape index (κ1) is 22.3. The molecule has 0 fully saturated rings. The van der Waals surface area contributed by atoms with Crippen LogP contribution in [-0.2, 0) is 30.3 Å². The third kappa shape index (κ3) is 6.51. The molecule has 1 unspecified atom stereocenters. The first-order valence-electron chi connectivity index (χ1n) is 8.77. The van der Waals surface area contributed by atoms with Crippen molar-refractivity contribution in [2.75, 3.05) is 34.9 Å². The van der Waals surface area contributed by atoms with Crippen molar-refractivity contribution in [2.45, 2.75) is 19.4 Å². The predicted octanol–water partition coefficient (Wildman–Crippen LogP) is 2.19. The number of hydrogen-bond donors (Lipinski definition) is 1. The van der Waals surface area contributed by atoms with Gasteiger partial charge in [0.05, 0.1) is 13.7 Å². The summed E-state index contributed by atoms with van der Waals surface area (Å²) in [4.78, 5) is 23.7. The van der Waals surface area contributed by atoms with Crippen LogP contribution in [0.2, 0.25) is 0 Å². The Kier molecular flexibility index (Phi) is 8.50. The summed E-state index contributed by atoms with van der Waals surface area (Å²) in [5.41, 5.74) is 0.539. The fourth-order valence-corrected chi connectivity index (χ4v) is 2.57. The molecular weight excluding hydrogens is 382 g/mol. The molecular formula is C20H25NO8. The number of carbonyl (C=O) groups is 2. The van der Waals surface area contributed by atoms with Crippen molar-refractivity contribution in [2.24, 2.45) is 0 Å². The Balaban J connectivity index is 2.40. The lowest BCUT2D eigenvalue weighted by atomic mass is 9.96. The first-order chi connectivity index (χ1) is 14.0. The molecule has 1 N–H and O–H groups in total. The number of nitrogens with one attached hydrogen (secondary N) is 1. The average Bonchev–Trinajstić information content (AvgIpc) is 3.17. The van der Waals surface area contributed by atoms with Gasteiger partial charge >= 0.3 is 5.97 Å². The van der Waals surface area contributed by atoms with Crippen molar-refractivity contribution in [3.63, 3.8) is 0 Å². The fraction of sp³-hybridized carbons (Fsp3) is 0.400. The van der Waals surface area contributed by atoms with E-state index < -0.39 is 11.9 Å². The van der Waals surface area contributed by atoms with Crippen molar-refractivity contribution in [1.82, 2.24) is 5.32 Å². The van der Waals surface area contributed by atoms with Gasteiger partial charge in [-0.25, -0.2) is 0 Å². The van der Waals surface area contributed by atoms with Crippen LogP contribution >= 0.6 is 0 Å². The van der Waals surface area contributed by atoms with Crippen LogP contribution in [0.15, 0.2) is 34.7 Å². The molecule has 0 aliphatic carbocycles. The molecule has 0 aliphatic rings. The number of benzene rings is 1. The highest BCUT2D eigenvalue weighted by atomic mass is 16.7. The van der Waals surface area contributed by atoms with Gasteiger partial charge in [-0.05, 0) is 29.8 Å². The van der Waals surface area contributed by atoms with Crippen LogP contribution in [0.1, 0.15) is 29.9 Å². The summed E-state index contributed by atoms with van der Waals surface area (Å²) in [5, 5.41) is 2.64. The third-order valence-electron chi connectivity index (χ3n) is 3.84. The summed E-state index contributed by atoms with van der Waals surface area (Å²) in [5.74, 6) is 0.179. The van der Waals surface area contributed by atoms with Crippen LogP contribution in [-0.4, -0.2) is 46.8 Å². The highest BCUT2D eigenvalue weighted by Crippen LogP contribution is 2.33. The zero-order chi connectivity index (χ0) is 21.2. The topological polar surface area (TPSA) is 105 Å². The summed E-state index contributed by atoms with van der Waals surface area (Å²) in [6.07, 6.45) is 0. The van der Waals surface area contributed by atoms with E-state index in [1.807, 2.05) is 0 Å². The fourth-order valence-electron chi connectivity index (χ4n) is 2.57. The Bertz CT molecular complexity index is 790. The van der Waals surface area contributed by atoms with E-state index in [1.54, 1.807) is 30.3 Å². The molecule has 0 spiro atoms. The third-order valence-corrected chi connectivity index (χ3v) is 3.84. The number of furan rings is 1. The number of methoxy groups -OCH3 is 3. The summed E-state index contributed by atoms with van der Waals surface area (Å²) in [7, 11) is 4.30. The molecule has 2 rings (SSSR count). The van der Waals surface area contributed by atoms with Crippen LogP contribution in [0.4, 0.5) is 0 Å². The molecule has 0 aliphatic heterocycles. The Morgan fingerprint density at radius 3 is 2.14 bits per heavy atom. The summed E-state index contributed by atoms with van der Waals surface area (Å²) in [6, 6.07) is 8.36. The zero-order valence-corrected chi connectivity index (χ0v) is 16.9. The van der Waals surface area contributed by atoms with Crippen LogP contribution in [0, 0.1) is 0 Å². The van der Waals surface area contributed by atoms with E-state index in [0.29, 0.717) is 28.6 Å². The van der Waals surface area contributed by atoms with Crippen molar-refractivity contribution in [1.29, 1.82) is 0 Å². The molecule has 29 heavy (non-hydrogen) atoms. The number of amides is 1. The maximum absolute atomic E-state index is 12.6. The molecule has 9 heteroatoms. The first-order valence-corrected chi connectivity index (χ1v) is 8.77. The van der Waals surface area contributed by atoms with Gasteiger partial charge in [-0.1, -0.05) is 0 Å². The molecule has 1 amide bonds. The average molecular weight is 407 g/mol. The number of carbonyl (C=O) groups excluding carboxylic acids is 2. The van der Waals surface area contributed by atoms with Gasteiger partial charge in [-0.2, -0.15) is 0 Å². The second-order valence-corrected chi connectivity index (χ2v) is 6.01. The Hall–Kier alpha value is -3.04. The van der Waals surface area contributed by atoms with Gasteiger partial charge in [0, 0.05) is 27.2 Å². The van der Waals surface area contributed by atoms with Crippen LogP contribution in [0.25, 0.3) is 0 Å². The Morgan fingerprint density at radius 1 is 1.00 bits per heavy atom. The molecule has 0 saturated heterocycles.